The number of benzene rings is 2. The Hall–Kier alpha value is -0.670. The van der Waals surface area contributed by atoms with Gasteiger partial charge in [0.05, 0.1) is 11.1 Å². The van der Waals surface area contributed by atoms with Crippen molar-refractivity contribution >= 4 is 21.9 Å². The van der Waals surface area contributed by atoms with Crippen LogP contribution in [0.2, 0.25) is 0 Å². The molecule has 0 radical (unpaired) electrons. The fourth-order valence-corrected chi connectivity index (χ4v) is 2.87. The molecule has 1 heterocycles. The van der Waals surface area contributed by atoms with Crippen molar-refractivity contribution in [3.63, 3.8) is 0 Å². The Morgan fingerprint density at radius 1 is 0.957 bits per heavy atom. The molecule has 3 rings (SSSR count). The van der Waals surface area contributed by atoms with Crippen molar-refractivity contribution in [2.24, 2.45) is 0 Å². The third-order valence-corrected chi connectivity index (χ3v) is 4.06. The van der Waals surface area contributed by atoms with Gasteiger partial charge in [0, 0.05) is 0 Å². The van der Waals surface area contributed by atoms with E-state index >= 15 is 0 Å². The zero-order valence-electron chi connectivity index (χ0n) is 14.7. The van der Waals surface area contributed by atoms with Crippen molar-refractivity contribution in [1.29, 1.82) is 0 Å². The van der Waals surface area contributed by atoms with Crippen LogP contribution in [0, 0.1) is 0 Å². The van der Waals surface area contributed by atoms with Crippen LogP contribution in [-0.2, 0) is 10.0 Å². The van der Waals surface area contributed by atoms with Gasteiger partial charge in [-0.2, -0.15) is 0 Å². The molecule has 0 spiro atoms. The van der Waals surface area contributed by atoms with Gasteiger partial charge in [-0.15, -0.1) is 0 Å². The SMILES string of the molecule is O=C(O)c1ccccc1.O=C1NS(=O)(=O)c2ccccc21.[H-].[H-].[Na+].[Na+]. The molecule has 1 amide bonds. The molecule has 0 fully saturated rings. The average Bonchev–Trinajstić information content (AvgIpc) is 2.71. The van der Waals surface area contributed by atoms with E-state index in [1.54, 1.807) is 42.5 Å². The maximum absolute atomic E-state index is 11.1. The van der Waals surface area contributed by atoms with Crippen LogP contribution < -0.4 is 63.8 Å². The monoisotopic (exact) mass is 353 g/mol. The number of nitrogens with one attached hydrogen (secondary N) is 1. The summed E-state index contributed by atoms with van der Waals surface area (Å²) in [6.45, 7) is 0. The molecule has 0 aromatic heterocycles. The van der Waals surface area contributed by atoms with Crippen LogP contribution >= 0.6 is 0 Å². The predicted octanol–water partition coefficient (Wildman–Crippen LogP) is -4.26. The third kappa shape index (κ3) is 5.72. The van der Waals surface area contributed by atoms with E-state index < -0.39 is 21.9 Å². The Morgan fingerprint density at radius 2 is 1.48 bits per heavy atom. The normalized spacial score (nSPS) is 13.1. The van der Waals surface area contributed by atoms with Crippen molar-refractivity contribution in [3.05, 3.63) is 65.7 Å². The first kappa shape index (κ1) is 22.3. The number of amides is 1. The van der Waals surface area contributed by atoms with Gasteiger partial charge in [0.25, 0.3) is 15.9 Å². The van der Waals surface area contributed by atoms with E-state index in [0.29, 0.717) is 5.56 Å². The number of hydrogen-bond acceptors (Lipinski definition) is 4. The summed E-state index contributed by atoms with van der Waals surface area (Å²) < 4.78 is 24.2. The minimum Gasteiger partial charge on any atom is -1.00 e. The number of hydrogen-bond donors (Lipinski definition) is 2. The summed E-state index contributed by atoms with van der Waals surface area (Å²) in [4.78, 5) is 21.3. The number of aromatic carboxylic acids is 1. The molecule has 0 atom stereocenters. The summed E-state index contributed by atoms with van der Waals surface area (Å²) in [5.74, 6) is -1.43. The molecular weight excluding hydrogens is 340 g/mol. The predicted molar refractivity (Wildman–Crippen MR) is 76.7 cm³/mol. The van der Waals surface area contributed by atoms with Crippen molar-refractivity contribution < 1.29 is 85.1 Å². The van der Waals surface area contributed by atoms with E-state index in [2.05, 4.69) is 0 Å². The first-order valence-electron chi connectivity index (χ1n) is 5.86. The molecule has 1 aliphatic rings. The maximum Gasteiger partial charge on any atom is 1.00 e. The molecule has 2 aromatic rings. The first-order chi connectivity index (χ1) is 9.92. The van der Waals surface area contributed by atoms with Crippen molar-refractivity contribution in [2.45, 2.75) is 4.90 Å². The van der Waals surface area contributed by atoms with Crippen molar-refractivity contribution in [2.75, 3.05) is 0 Å². The van der Waals surface area contributed by atoms with E-state index in [1.165, 1.54) is 12.1 Å². The van der Waals surface area contributed by atoms with Gasteiger partial charge in [0.15, 0.2) is 0 Å². The van der Waals surface area contributed by atoms with Gasteiger partial charge in [-0.1, -0.05) is 30.3 Å². The number of carbonyl (C=O) groups is 2. The van der Waals surface area contributed by atoms with Crippen molar-refractivity contribution in [3.8, 4) is 0 Å². The number of fused-ring (bicyclic) bond motifs is 1. The number of carboxylic acid groups (broad SMARTS) is 1. The fraction of sp³-hybridized carbons (Fsp3) is 0. The molecule has 1 aliphatic heterocycles. The van der Waals surface area contributed by atoms with Gasteiger partial charge in [-0.25, -0.2) is 17.9 Å². The molecule has 0 unspecified atom stereocenters. The minimum atomic E-state index is -3.55. The van der Waals surface area contributed by atoms with E-state index in [4.69, 9.17) is 5.11 Å². The molecule has 0 aliphatic carbocycles. The summed E-state index contributed by atoms with van der Waals surface area (Å²) in [6, 6.07) is 14.4. The average molecular weight is 353 g/mol. The molecule has 2 N–H and O–H groups in total. The first-order valence-corrected chi connectivity index (χ1v) is 7.34. The molecule has 6 nitrogen and oxygen atoms in total. The number of carboxylic acids is 1. The van der Waals surface area contributed by atoms with Gasteiger partial charge >= 0.3 is 65.1 Å². The quantitative estimate of drug-likeness (QED) is 0.506. The van der Waals surface area contributed by atoms with E-state index in [-0.39, 0.29) is 72.4 Å². The standard InChI is InChI=1S/C7H5NO3S.C7H6O2.2Na.2H/c9-7-5-3-1-2-4-6(5)12(10,11)8-7;8-7(9)6-4-2-1-3-5-6;;;;/h1-4H,(H,8,9);1-5H,(H,8,9);;;;/q;;2*+1;2*-1. The number of rotatable bonds is 1. The zero-order valence-corrected chi connectivity index (χ0v) is 17.5. The Balaban J connectivity index is -0.000000344. The van der Waals surface area contributed by atoms with Crippen LogP contribution in [0.3, 0.4) is 0 Å². The zero-order chi connectivity index (χ0) is 15.5. The van der Waals surface area contributed by atoms with Gasteiger partial charge < -0.3 is 7.96 Å². The van der Waals surface area contributed by atoms with E-state index in [0.717, 1.165) is 0 Å². The molecule has 112 valence electrons. The second-order valence-electron chi connectivity index (χ2n) is 4.10. The minimum absolute atomic E-state index is 0. The van der Waals surface area contributed by atoms with Crippen LogP contribution in [0.5, 0.6) is 0 Å². The Kier molecular flexibility index (Phi) is 9.30. The van der Waals surface area contributed by atoms with Gasteiger partial charge in [0.1, 0.15) is 4.90 Å². The fourth-order valence-electron chi connectivity index (χ4n) is 1.70. The van der Waals surface area contributed by atoms with Crippen LogP contribution in [0.1, 0.15) is 23.6 Å². The van der Waals surface area contributed by atoms with Gasteiger partial charge in [-0.3, -0.25) is 4.79 Å². The Morgan fingerprint density at radius 3 is 1.96 bits per heavy atom. The maximum atomic E-state index is 11.1. The molecule has 0 bridgehead atoms. The van der Waals surface area contributed by atoms with Gasteiger partial charge in [-0.05, 0) is 24.3 Å². The summed E-state index contributed by atoms with van der Waals surface area (Å²) in [5.41, 5.74) is 0.551. The second kappa shape index (κ2) is 9.58. The largest absolute Gasteiger partial charge is 1.00 e. The Labute approximate surface area is 180 Å². The van der Waals surface area contributed by atoms with Crippen molar-refractivity contribution in [1.82, 2.24) is 4.72 Å². The summed E-state index contributed by atoms with van der Waals surface area (Å²) in [6.07, 6.45) is 0. The van der Waals surface area contributed by atoms with Gasteiger partial charge in [0.2, 0.25) is 0 Å². The molecule has 0 saturated heterocycles. The summed E-state index contributed by atoms with van der Waals surface area (Å²) >= 11 is 0. The van der Waals surface area contributed by atoms with Crippen LogP contribution in [0.15, 0.2) is 59.5 Å². The molecule has 2 aromatic carbocycles. The molecule has 23 heavy (non-hydrogen) atoms. The van der Waals surface area contributed by atoms with Crippen LogP contribution in [-0.4, -0.2) is 25.4 Å². The second-order valence-corrected chi connectivity index (χ2v) is 5.75. The molecule has 0 saturated carbocycles. The van der Waals surface area contributed by atoms with E-state index in [1.807, 2.05) is 4.72 Å². The molecule has 9 heteroatoms. The summed E-state index contributed by atoms with van der Waals surface area (Å²) in [5, 5.41) is 8.38. The number of sulfonamides is 1. The van der Waals surface area contributed by atoms with Crippen LogP contribution in [0.4, 0.5) is 0 Å². The smallest absolute Gasteiger partial charge is 1.00 e. The summed E-state index contributed by atoms with van der Waals surface area (Å²) in [7, 11) is -3.55. The van der Waals surface area contributed by atoms with E-state index in [9.17, 15) is 18.0 Å². The van der Waals surface area contributed by atoms with Crippen LogP contribution in [0.25, 0.3) is 0 Å². The number of carbonyl (C=O) groups excluding carboxylic acids is 1. The topological polar surface area (TPSA) is 101 Å². The molecular formula is C14H13NNa2O5S. The Bertz CT molecular complexity index is 804. The third-order valence-electron chi connectivity index (χ3n) is 2.67.